The molecule has 1 aliphatic heterocycles. The number of carbonyl (C=O) groups excluding carboxylic acids is 1. The molecule has 0 aromatic carbocycles. The quantitative estimate of drug-likeness (QED) is 0.696. The van der Waals surface area contributed by atoms with Gasteiger partial charge in [0, 0.05) is 19.8 Å². The van der Waals surface area contributed by atoms with Crippen LogP contribution in [-0.2, 0) is 9.53 Å². The lowest BCUT2D eigenvalue weighted by atomic mass is 10.0. The summed E-state index contributed by atoms with van der Waals surface area (Å²) in [7, 11) is 0. The van der Waals surface area contributed by atoms with Crippen LogP contribution in [0.5, 0.6) is 0 Å². The first-order valence-corrected chi connectivity index (χ1v) is 8.38. The van der Waals surface area contributed by atoms with Crippen LogP contribution in [0.4, 0.5) is 0 Å². The van der Waals surface area contributed by atoms with Crippen LogP contribution in [0.25, 0.3) is 0 Å². The lowest BCUT2D eigenvalue weighted by Crippen LogP contribution is -2.43. The Kier molecular flexibility index (Phi) is 6.30. The van der Waals surface area contributed by atoms with E-state index in [9.17, 15) is 4.79 Å². The summed E-state index contributed by atoms with van der Waals surface area (Å²) in [5.41, 5.74) is 0. The summed E-state index contributed by atoms with van der Waals surface area (Å²) in [6.45, 7) is 6.62. The van der Waals surface area contributed by atoms with Gasteiger partial charge in [0.1, 0.15) is 0 Å². The Hall–Kier alpha value is -0.610. The van der Waals surface area contributed by atoms with Gasteiger partial charge < -0.3 is 9.64 Å². The molecule has 1 aliphatic carbocycles. The van der Waals surface area contributed by atoms with Gasteiger partial charge in [0.25, 0.3) is 0 Å². The molecule has 1 N–H and O–H groups in total. The zero-order chi connectivity index (χ0) is 14.4. The molecule has 4 nitrogen and oxygen atoms in total. The zero-order valence-electron chi connectivity index (χ0n) is 13.1. The monoisotopic (exact) mass is 282 g/mol. The molecule has 20 heavy (non-hydrogen) atoms. The molecule has 0 aromatic heterocycles. The predicted octanol–water partition coefficient (Wildman–Crippen LogP) is 2.53. The minimum absolute atomic E-state index is 0.0124. The van der Waals surface area contributed by atoms with Gasteiger partial charge in [-0.15, -0.1) is 0 Å². The molecule has 1 heterocycles. The molecule has 2 atom stereocenters. The van der Waals surface area contributed by atoms with Gasteiger partial charge in [0.05, 0.1) is 12.2 Å². The van der Waals surface area contributed by atoms with Crippen molar-refractivity contribution >= 4 is 5.91 Å². The first-order chi connectivity index (χ1) is 9.74. The third-order valence-corrected chi connectivity index (χ3v) is 4.59. The molecular formula is C16H30N2O2. The maximum atomic E-state index is 12.3. The van der Waals surface area contributed by atoms with Gasteiger partial charge in [-0.1, -0.05) is 26.2 Å². The van der Waals surface area contributed by atoms with Gasteiger partial charge in [-0.3, -0.25) is 10.1 Å². The summed E-state index contributed by atoms with van der Waals surface area (Å²) < 4.78 is 5.60. The first-order valence-electron chi connectivity index (χ1n) is 8.38. The number of amides is 1. The van der Waals surface area contributed by atoms with Crippen LogP contribution >= 0.6 is 0 Å². The van der Waals surface area contributed by atoms with Crippen molar-refractivity contribution in [2.75, 3.05) is 19.8 Å². The van der Waals surface area contributed by atoms with E-state index in [1.165, 1.54) is 32.1 Å². The summed E-state index contributed by atoms with van der Waals surface area (Å²) in [4.78, 5) is 14.3. The van der Waals surface area contributed by atoms with Crippen molar-refractivity contribution in [2.45, 2.75) is 71.0 Å². The topological polar surface area (TPSA) is 41.6 Å². The number of nitrogens with zero attached hydrogens (tertiary/aromatic N) is 1. The predicted molar refractivity (Wildman–Crippen MR) is 80.4 cm³/mol. The van der Waals surface area contributed by atoms with Crippen molar-refractivity contribution in [1.29, 1.82) is 0 Å². The number of nitrogens with one attached hydrogen (secondary N) is 1. The van der Waals surface area contributed by atoms with Crippen molar-refractivity contribution in [1.82, 2.24) is 10.2 Å². The Bertz CT molecular complexity index is 303. The van der Waals surface area contributed by atoms with E-state index < -0.39 is 0 Å². The Balaban J connectivity index is 1.75. The van der Waals surface area contributed by atoms with Crippen molar-refractivity contribution in [3.05, 3.63) is 0 Å². The van der Waals surface area contributed by atoms with E-state index in [2.05, 4.69) is 17.1 Å². The summed E-state index contributed by atoms with van der Waals surface area (Å²) in [5.74, 6) is 0.931. The summed E-state index contributed by atoms with van der Waals surface area (Å²) >= 11 is 0. The number of hydrogen-bond acceptors (Lipinski definition) is 3. The molecule has 1 saturated heterocycles. The highest BCUT2D eigenvalue weighted by Crippen LogP contribution is 2.31. The van der Waals surface area contributed by atoms with Crippen molar-refractivity contribution in [2.24, 2.45) is 5.92 Å². The van der Waals surface area contributed by atoms with Crippen LogP contribution in [0.15, 0.2) is 0 Å². The molecule has 0 bridgehead atoms. The fourth-order valence-corrected chi connectivity index (χ4v) is 3.40. The van der Waals surface area contributed by atoms with Crippen LogP contribution in [0.3, 0.4) is 0 Å². The van der Waals surface area contributed by atoms with Crippen molar-refractivity contribution in [3.63, 3.8) is 0 Å². The molecule has 2 fully saturated rings. The van der Waals surface area contributed by atoms with Crippen molar-refractivity contribution < 1.29 is 9.53 Å². The highest BCUT2D eigenvalue weighted by Gasteiger charge is 2.40. The fourth-order valence-electron chi connectivity index (χ4n) is 3.40. The van der Waals surface area contributed by atoms with Gasteiger partial charge in [0.15, 0.2) is 0 Å². The molecule has 116 valence electrons. The molecule has 0 spiro atoms. The molecule has 2 unspecified atom stereocenters. The highest BCUT2D eigenvalue weighted by atomic mass is 16.5. The Morgan fingerprint density at radius 3 is 2.65 bits per heavy atom. The fraction of sp³-hybridized carbons (Fsp3) is 0.938. The minimum atomic E-state index is -0.0124. The largest absolute Gasteiger partial charge is 0.381 e. The van der Waals surface area contributed by atoms with E-state index in [1.54, 1.807) is 0 Å². The lowest BCUT2D eigenvalue weighted by Gasteiger charge is -2.29. The number of unbranched alkanes of at least 4 members (excludes halogenated alkanes) is 1. The lowest BCUT2D eigenvalue weighted by molar-refractivity contribution is -0.130. The van der Waals surface area contributed by atoms with Crippen molar-refractivity contribution in [3.8, 4) is 0 Å². The second kappa shape index (κ2) is 7.99. The van der Waals surface area contributed by atoms with Crippen LogP contribution in [0.2, 0.25) is 0 Å². The van der Waals surface area contributed by atoms with Gasteiger partial charge in [0.2, 0.25) is 5.91 Å². The number of carbonyl (C=O) groups is 1. The molecule has 1 saturated carbocycles. The van der Waals surface area contributed by atoms with Gasteiger partial charge in [-0.25, -0.2) is 0 Å². The van der Waals surface area contributed by atoms with E-state index in [0.29, 0.717) is 5.92 Å². The van der Waals surface area contributed by atoms with Crippen LogP contribution in [-0.4, -0.2) is 42.8 Å². The zero-order valence-corrected chi connectivity index (χ0v) is 13.1. The minimum Gasteiger partial charge on any atom is -0.381 e. The smallest absolute Gasteiger partial charge is 0.240 e. The average molecular weight is 282 g/mol. The normalized spacial score (nSPS) is 27.7. The molecule has 1 amide bonds. The molecule has 0 aromatic rings. The second-order valence-corrected chi connectivity index (χ2v) is 6.23. The Labute approximate surface area is 123 Å². The molecule has 2 aliphatic rings. The van der Waals surface area contributed by atoms with E-state index in [4.69, 9.17) is 4.74 Å². The van der Waals surface area contributed by atoms with Gasteiger partial charge >= 0.3 is 0 Å². The van der Waals surface area contributed by atoms with E-state index in [0.717, 1.165) is 32.6 Å². The van der Waals surface area contributed by atoms with Crippen LogP contribution in [0, 0.1) is 5.92 Å². The molecule has 0 radical (unpaired) electrons. The first kappa shape index (κ1) is 15.8. The van der Waals surface area contributed by atoms with E-state index in [-0.39, 0.29) is 18.1 Å². The SMILES string of the molecule is CCCCOCCCN1C(=O)C(C)NC1C1CCCC1. The van der Waals surface area contributed by atoms with Gasteiger partial charge in [-0.05, 0) is 38.5 Å². The second-order valence-electron chi connectivity index (χ2n) is 6.23. The molecular weight excluding hydrogens is 252 g/mol. The third-order valence-electron chi connectivity index (χ3n) is 4.59. The highest BCUT2D eigenvalue weighted by molar-refractivity contribution is 5.83. The van der Waals surface area contributed by atoms with Crippen LogP contribution < -0.4 is 5.32 Å². The van der Waals surface area contributed by atoms with E-state index >= 15 is 0 Å². The molecule has 2 rings (SSSR count). The summed E-state index contributed by atoms with van der Waals surface area (Å²) in [6.07, 6.45) is 8.70. The van der Waals surface area contributed by atoms with Gasteiger partial charge in [-0.2, -0.15) is 0 Å². The molecule has 4 heteroatoms. The maximum Gasteiger partial charge on any atom is 0.240 e. The Morgan fingerprint density at radius 1 is 1.25 bits per heavy atom. The average Bonchev–Trinajstić information content (AvgIpc) is 3.05. The Morgan fingerprint density at radius 2 is 1.95 bits per heavy atom. The summed E-state index contributed by atoms with van der Waals surface area (Å²) in [6, 6.07) is -0.0124. The third kappa shape index (κ3) is 3.95. The number of ether oxygens (including phenoxy) is 1. The maximum absolute atomic E-state index is 12.3. The number of hydrogen-bond donors (Lipinski definition) is 1. The standard InChI is InChI=1S/C16H30N2O2/c1-3-4-11-20-12-7-10-18-15(14-8-5-6-9-14)17-13(2)16(18)19/h13-15,17H,3-12H2,1-2H3. The van der Waals surface area contributed by atoms with E-state index in [1.807, 2.05) is 6.92 Å². The number of rotatable bonds is 8. The van der Waals surface area contributed by atoms with Crippen LogP contribution in [0.1, 0.15) is 58.8 Å². The summed E-state index contributed by atoms with van der Waals surface area (Å²) in [5, 5.41) is 3.49.